The van der Waals surface area contributed by atoms with Crippen LogP contribution in [-0.4, -0.2) is 43.8 Å². The van der Waals surface area contributed by atoms with Gasteiger partial charge in [0.1, 0.15) is 12.4 Å². The maximum Gasteiger partial charge on any atom is 0.223 e. The summed E-state index contributed by atoms with van der Waals surface area (Å²) in [5.74, 6) is 0.728. The molecular weight excluding hydrogens is 445 g/mol. The summed E-state index contributed by atoms with van der Waals surface area (Å²) in [7, 11) is 0. The van der Waals surface area contributed by atoms with Crippen LogP contribution in [0.25, 0.3) is 0 Å². The standard InChI is InChI=1S/C29H32FNO4/c1-22-11-12-27-25(18-22)20-23-6-4-7-24(19-23)21-31(13-15-33-16-17-35-27)29(32)10-5-14-34-28-9-3-2-8-26(28)30/h2-4,6-9,11-12,18-19H,5,10,13-17,20-21H2,1H3. The Kier molecular flexibility index (Phi) is 8.74. The molecule has 3 aromatic rings. The van der Waals surface area contributed by atoms with E-state index in [1.807, 2.05) is 23.1 Å². The lowest BCUT2D eigenvalue weighted by molar-refractivity contribution is -0.132. The molecule has 1 amide bonds. The van der Waals surface area contributed by atoms with Gasteiger partial charge < -0.3 is 19.1 Å². The highest BCUT2D eigenvalue weighted by Gasteiger charge is 2.16. The number of rotatable bonds is 5. The highest BCUT2D eigenvalue weighted by atomic mass is 19.1. The zero-order chi connectivity index (χ0) is 24.5. The van der Waals surface area contributed by atoms with Crippen LogP contribution in [0.1, 0.15) is 35.1 Å². The average molecular weight is 478 g/mol. The van der Waals surface area contributed by atoms with Crippen molar-refractivity contribution in [1.29, 1.82) is 0 Å². The van der Waals surface area contributed by atoms with Gasteiger partial charge in [-0.25, -0.2) is 4.39 Å². The van der Waals surface area contributed by atoms with Crippen LogP contribution >= 0.6 is 0 Å². The number of para-hydroxylation sites is 1. The molecule has 0 aliphatic carbocycles. The summed E-state index contributed by atoms with van der Waals surface area (Å²) in [6, 6.07) is 20.9. The van der Waals surface area contributed by atoms with Crippen molar-refractivity contribution in [3.63, 3.8) is 0 Å². The summed E-state index contributed by atoms with van der Waals surface area (Å²) in [6.45, 7) is 4.71. The van der Waals surface area contributed by atoms with Crippen molar-refractivity contribution in [2.45, 2.75) is 32.7 Å². The summed E-state index contributed by atoms with van der Waals surface area (Å²) >= 11 is 0. The van der Waals surface area contributed by atoms with Gasteiger partial charge in [-0.3, -0.25) is 4.79 Å². The van der Waals surface area contributed by atoms with Gasteiger partial charge in [-0.05, 0) is 48.2 Å². The van der Waals surface area contributed by atoms with Gasteiger partial charge in [0.2, 0.25) is 5.91 Å². The average Bonchev–Trinajstić information content (AvgIpc) is 2.85. The fourth-order valence-electron chi connectivity index (χ4n) is 4.17. The van der Waals surface area contributed by atoms with E-state index in [0.717, 1.165) is 23.3 Å². The van der Waals surface area contributed by atoms with E-state index in [2.05, 4.69) is 31.2 Å². The summed E-state index contributed by atoms with van der Waals surface area (Å²) in [4.78, 5) is 14.9. The van der Waals surface area contributed by atoms with Crippen LogP contribution in [0.5, 0.6) is 11.5 Å². The minimum absolute atomic E-state index is 0.0282. The first-order valence-electron chi connectivity index (χ1n) is 12.1. The van der Waals surface area contributed by atoms with Crippen molar-refractivity contribution in [2.24, 2.45) is 0 Å². The van der Waals surface area contributed by atoms with Gasteiger partial charge in [-0.15, -0.1) is 0 Å². The maximum atomic E-state index is 13.7. The van der Waals surface area contributed by atoms with E-state index in [9.17, 15) is 9.18 Å². The van der Waals surface area contributed by atoms with Crippen LogP contribution in [-0.2, 0) is 22.5 Å². The van der Waals surface area contributed by atoms with E-state index in [4.69, 9.17) is 14.2 Å². The Bertz CT molecular complexity index is 1130. The molecule has 0 spiro atoms. The SMILES string of the molecule is Cc1ccc2c(c1)Cc1cccc(c1)CN(C(=O)CCCOc1ccccc1F)CCOCCO2. The third kappa shape index (κ3) is 7.30. The number of aryl methyl sites for hydroxylation is 1. The molecule has 0 aromatic heterocycles. The highest BCUT2D eigenvalue weighted by molar-refractivity contribution is 5.76. The number of amides is 1. The molecule has 0 N–H and O–H groups in total. The first-order valence-corrected chi connectivity index (χ1v) is 12.1. The van der Waals surface area contributed by atoms with Crippen LogP contribution in [0.3, 0.4) is 0 Å². The van der Waals surface area contributed by atoms with Gasteiger partial charge in [0, 0.05) is 25.9 Å². The lowest BCUT2D eigenvalue weighted by Gasteiger charge is -2.24. The molecule has 0 atom stereocenters. The zero-order valence-corrected chi connectivity index (χ0v) is 20.2. The second-order valence-electron chi connectivity index (χ2n) is 8.77. The number of ether oxygens (including phenoxy) is 3. The van der Waals surface area contributed by atoms with Gasteiger partial charge in [0.15, 0.2) is 11.6 Å². The largest absolute Gasteiger partial charge is 0.491 e. The molecule has 0 saturated carbocycles. The predicted octanol–water partition coefficient (Wildman–Crippen LogP) is 5.32. The molecular formula is C29H32FNO4. The predicted molar refractivity (Wildman–Crippen MR) is 133 cm³/mol. The van der Waals surface area contributed by atoms with Gasteiger partial charge >= 0.3 is 0 Å². The number of benzene rings is 3. The molecule has 0 fully saturated rings. The van der Waals surface area contributed by atoms with Crippen LogP contribution in [0.15, 0.2) is 66.7 Å². The Labute approximate surface area is 206 Å². The normalized spacial score (nSPS) is 14.4. The molecule has 184 valence electrons. The lowest BCUT2D eigenvalue weighted by Crippen LogP contribution is -2.34. The van der Waals surface area contributed by atoms with E-state index in [1.165, 1.54) is 17.2 Å². The fraction of sp³-hybridized carbons (Fsp3) is 0.345. The Balaban J connectivity index is 1.41. The number of carbonyl (C=O) groups is 1. The fourth-order valence-corrected chi connectivity index (χ4v) is 4.17. The third-order valence-electron chi connectivity index (χ3n) is 5.95. The Hall–Kier alpha value is -3.38. The van der Waals surface area contributed by atoms with E-state index >= 15 is 0 Å². The molecule has 0 radical (unpaired) electrons. The lowest BCUT2D eigenvalue weighted by atomic mass is 10.00. The van der Waals surface area contributed by atoms with Gasteiger partial charge in [-0.2, -0.15) is 0 Å². The topological polar surface area (TPSA) is 48.0 Å². The molecule has 1 heterocycles. The van der Waals surface area contributed by atoms with Crippen molar-refractivity contribution in [3.8, 4) is 11.5 Å². The number of hydrogen-bond acceptors (Lipinski definition) is 4. The highest BCUT2D eigenvalue weighted by Crippen LogP contribution is 2.24. The molecule has 2 bridgehead atoms. The Morgan fingerprint density at radius 3 is 2.74 bits per heavy atom. The Morgan fingerprint density at radius 1 is 1.00 bits per heavy atom. The third-order valence-corrected chi connectivity index (χ3v) is 5.95. The van der Waals surface area contributed by atoms with E-state index in [0.29, 0.717) is 45.8 Å². The summed E-state index contributed by atoms with van der Waals surface area (Å²) in [5.41, 5.74) is 4.58. The molecule has 0 unspecified atom stereocenters. The van der Waals surface area contributed by atoms with Gasteiger partial charge in [-0.1, -0.05) is 54.1 Å². The van der Waals surface area contributed by atoms with Crippen molar-refractivity contribution in [2.75, 3.05) is 33.0 Å². The monoisotopic (exact) mass is 477 g/mol. The van der Waals surface area contributed by atoms with Crippen LogP contribution in [0, 0.1) is 12.7 Å². The maximum absolute atomic E-state index is 13.7. The first kappa shape index (κ1) is 24.7. The quantitative estimate of drug-likeness (QED) is 0.467. The molecule has 35 heavy (non-hydrogen) atoms. The van der Waals surface area contributed by atoms with E-state index in [1.54, 1.807) is 18.2 Å². The van der Waals surface area contributed by atoms with Crippen LogP contribution in [0.4, 0.5) is 4.39 Å². The number of halogens is 1. The second kappa shape index (κ2) is 12.4. The minimum atomic E-state index is -0.396. The number of fused-ring (bicyclic) bond motifs is 3. The number of carbonyl (C=O) groups excluding carboxylic acids is 1. The first-order chi connectivity index (χ1) is 17.1. The number of hydrogen-bond donors (Lipinski definition) is 0. The number of nitrogens with zero attached hydrogens (tertiary/aromatic N) is 1. The van der Waals surface area contributed by atoms with Crippen LogP contribution < -0.4 is 9.47 Å². The van der Waals surface area contributed by atoms with Crippen molar-refractivity contribution >= 4 is 5.91 Å². The van der Waals surface area contributed by atoms with Crippen LogP contribution in [0.2, 0.25) is 0 Å². The van der Waals surface area contributed by atoms with Crippen molar-refractivity contribution < 1.29 is 23.4 Å². The molecule has 6 heteroatoms. The van der Waals surface area contributed by atoms with E-state index < -0.39 is 5.82 Å². The summed E-state index contributed by atoms with van der Waals surface area (Å²) in [6.07, 6.45) is 1.59. The summed E-state index contributed by atoms with van der Waals surface area (Å²) in [5, 5.41) is 0. The smallest absolute Gasteiger partial charge is 0.223 e. The van der Waals surface area contributed by atoms with Gasteiger partial charge in [0.25, 0.3) is 0 Å². The molecule has 1 aliphatic heterocycles. The molecule has 3 aromatic carbocycles. The van der Waals surface area contributed by atoms with E-state index in [-0.39, 0.29) is 18.3 Å². The summed E-state index contributed by atoms with van der Waals surface area (Å²) < 4.78 is 31.0. The van der Waals surface area contributed by atoms with Gasteiger partial charge in [0.05, 0.1) is 19.8 Å². The second-order valence-corrected chi connectivity index (χ2v) is 8.77. The molecule has 5 nitrogen and oxygen atoms in total. The molecule has 0 saturated heterocycles. The molecule has 1 aliphatic rings. The molecule has 4 rings (SSSR count). The minimum Gasteiger partial charge on any atom is -0.491 e. The van der Waals surface area contributed by atoms with Crippen molar-refractivity contribution in [1.82, 2.24) is 4.90 Å². The zero-order valence-electron chi connectivity index (χ0n) is 20.2. The van der Waals surface area contributed by atoms with Crippen molar-refractivity contribution in [3.05, 3.63) is 94.8 Å². The Morgan fingerprint density at radius 2 is 1.86 bits per heavy atom.